The number of hydrogen-bond donors (Lipinski definition) is 4. The quantitative estimate of drug-likeness (QED) is 0.441. The van der Waals surface area contributed by atoms with E-state index in [9.17, 15) is 19.0 Å². The fourth-order valence-corrected chi connectivity index (χ4v) is 2.81. The van der Waals surface area contributed by atoms with Crippen molar-refractivity contribution in [1.29, 1.82) is 0 Å². The van der Waals surface area contributed by atoms with Gasteiger partial charge in [0.25, 0.3) is 0 Å². The molecule has 0 spiro atoms. The Morgan fingerprint density at radius 3 is 1.74 bits per heavy atom. The van der Waals surface area contributed by atoms with E-state index in [0.29, 0.717) is 11.1 Å². The summed E-state index contributed by atoms with van der Waals surface area (Å²) in [5, 5.41) is 41.4. The molecule has 3 rings (SSSR count). The monoisotopic (exact) mass is 435 g/mol. The van der Waals surface area contributed by atoms with Gasteiger partial charge in [0.15, 0.2) is 0 Å². The van der Waals surface area contributed by atoms with Crippen LogP contribution in [0.5, 0.6) is 0 Å². The Hall–Kier alpha value is -3.70. The molecule has 11 heteroatoms. The maximum absolute atomic E-state index is 13.3. The minimum atomic E-state index is -1.87. The first-order chi connectivity index (χ1) is 14.5. The molecule has 4 N–H and O–H groups in total. The van der Waals surface area contributed by atoms with Gasteiger partial charge in [-0.3, -0.25) is 0 Å². The maximum Gasteiger partial charge on any atom is 0.414 e. The van der Waals surface area contributed by atoms with Crippen molar-refractivity contribution >= 4 is 11.9 Å². The lowest BCUT2D eigenvalue weighted by atomic mass is 9.74. The number of aliphatic hydroxyl groups is 2. The first-order valence-electron chi connectivity index (χ1n) is 8.73. The topological polar surface area (TPSA) is 146 Å². The Balaban J connectivity index is 0.000000501. The van der Waals surface area contributed by atoms with Gasteiger partial charge in [-0.05, 0) is 42.3 Å². The molecule has 2 unspecified atom stereocenters. The normalized spacial score (nSPS) is 14.5. The smallest absolute Gasteiger partial charge is 0.414 e. The number of carboxylic acid groups (broad SMARTS) is 2. The van der Waals surface area contributed by atoms with Crippen LogP contribution in [-0.2, 0) is 27.3 Å². The predicted molar refractivity (Wildman–Crippen MR) is 102 cm³/mol. The molecule has 0 fully saturated rings. The van der Waals surface area contributed by atoms with Crippen LogP contribution in [0.3, 0.4) is 0 Å². The summed E-state index contributed by atoms with van der Waals surface area (Å²) < 4.78 is 27.9. The van der Waals surface area contributed by atoms with E-state index in [2.05, 4.69) is 10.1 Å². The molecule has 2 atom stereocenters. The van der Waals surface area contributed by atoms with Crippen molar-refractivity contribution in [2.24, 2.45) is 0 Å². The Morgan fingerprint density at radius 2 is 1.35 bits per heavy atom. The molecule has 1 heterocycles. The van der Waals surface area contributed by atoms with E-state index in [1.165, 1.54) is 72.8 Å². The van der Waals surface area contributed by atoms with E-state index in [1.54, 1.807) is 0 Å². The average molecular weight is 435 g/mol. The Kier molecular flexibility index (Phi) is 7.16. The summed E-state index contributed by atoms with van der Waals surface area (Å²) in [6.07, 6.45) is 2.70. The van der Waals surface area contributed by atoms with Gasteiger partial charge >= 0.3 is 11.9 Å². The first kappa shape index (κ1) is 23.6. The molecule has 3 aromatic rings. The van der Waals surface area contributed by atoms with Crippen molar-refractivity contribution < 1.29 is 38.8 Å². The van der Waals surface area contributed by atoms with Gasteiger partial charge in [-0.1, -0.05) is 24.3 Å². The molecule has 2 aromatic carbocycles. The van der Waals surface area contributed by atoms with Gasteiger partial charge in [0.2, 0.25) is 0 Å². The fraction of sp³-hybridized carbons (Fsp3) is 0.200. The van der Waals surface area contributed by atoms with Crippen molar-refractivity contribution in [3.05, 3.63) is 83.9 Å². The van der Waals surface area contributed by atoms with Gasteiger partial charge in [-0.25, -0.2) is 28.0 Å². The highest BCUT2D eigenvalue weighted by Gasteiger charge is 2.49. The molecule has 0 saturated heterocycles. The van der Waals surface area contributed by atoms with Gasteiger partial charge in [-0.2, -0.15) is 5.10 Å². The summed E-state index contributed by atoms with van der Waals surface area (Å²) in [7, 11) is 0. The van der Waals surface area contributed by atoms with Crippen molar-refractivity contribution in [3.63, 3.8) is 0 Å². The van der Waals surface area contributed by atoms with Crippen LogP contribution in [-0.4, -0.2) is 47.1 Å². The van der Waals surface area contributed by atoms with Gasteiger partial charge < -0.3 is 20.4 Å². The predicted octanol–water partition coefficient (Wildman–Crippen LogP) is 1.51. The number of carbonyl (C=O) groups is 2. The summed E-state index contributed by atoms with van der Waals surface area (Å²) in [6.45, 7) is 1.28. The third kappa shape index (κ3) is 5.47. The SMILES string of the molecule is CC(O)(c1ccc(F)cc1)C(O)(Cn1cncn1)c1ccc(F)cc1.O=C(O)C(=O)O. The van der Waals surface area contributed by atoms with E-state index < -0.39 is 34.8 Å². The van der Waals surface area contributed by atoms with E-state index in [1.807, 2.05) is 0 Å². The van der Waals surface area contributed by atoms with Crippen molar-refractivity contribution in [2.75, 3.05) is 0 Å². The van der Waals surface area contributed by atoms with Gasteiger partial charge in [0.1, 0.15) is 35.5 Å². The summed E-state index contributed by atoms with van der Waals surface area (Å²) in [4.78, 5) is 22.0. The number of hydrogen-bond acceptors (Lipinski definition) is 6. The van der Waals surface area contributed by atoms with E-state index in [-0.39, 0.29) is 6.54 Å². The Labute approximate surface area is 174 Å². The van der Waals surface area contributed by atoms with E-state index >= 15 is 0 Å². The molecule has 31 heavy (non-hydrogen) atoms. The highest BCUT2D eigenvalue weighted by Crippen LogP contribution is 2.41. The second-order valence-corrected chi connectivity index (χ2v) is 6.65. The van der Waals surface area contributed by atoms with Gasteiger partial charge in [0, 0.05) is 0 Å². The molecule has 0 bridgehead atoms. The van der Waals surface area contributed by atoms with Gasteiger partial charge in [0.05, 0.1) is 6.54 Å². The lowest BCUT2D eigenvalue weighted by molar-refractivity contribution is -0.164. The third-order valence-electron chi connectivity index (χ3n) is 4.57. The minimum Gasteiger partial charge on any atom is -0.473 e. The Bertz CT molecular complexity index is 1010. The van der Waals surface area contributed by atoms with Crippen LogP contribution in [0, 0.1) is 11.6 Å². The number of benzene rings is 2. The van der Waals surface area contributed by atoms with Crippen LogP contribution in [0.4, 0.5) is 8.78 Å². The molecule has 0 radical (unpaired) electrons. The molecule has 0 saturated carbocycles. The minimum absolute atomic E-state index is 0.136. The maximum atomic E-state index is 13.3. The van der Waals surface area contributed by atoms with Crippen LogP contribution in [0.2, 0.25) is 0 Å². The zero-order chi connectivity index (χ0) is 23.2. The van der Waals surface area contributed by atoms with E-state index in [0.717, 1.165) is 0 Å². The number of nitrogens with zero attached hydrogens (tertiary/aromatic N) is 3. The lowest BCUT2D eigenvalue weighted by Gasteiger charge is -2.42. The lowest BCUT2D eigenvalue weighted by Crippen LogP contribution is -2.50. The molecule has 0 aliphatic carbocycles. The van der Waals surface area contributed by atoms with Crippen LogP contribution >= 0.6 is 0 Å². The van der Waals surface area contributed by atoms with Crippen molar-refractivity contribution in [3.8, 4) is 0 Å². The molecular formula is C20H19F2N3O6. The first-order valence-corrected chi connectivity index (χ1v) is 8.73. The summed E-state index contributed by atoms with van der Waals surface area (Å²) >= 11 is 0. The molecule has 0 amide bonds. The summed E-state index contributed by atoms with van der Waals surface area (Å²) in [5.74, 6) is -4.57. The molecular weight excluding hydrogens is 416 g/mol. The second-order valence-electron chi connectivity index (χ2n) is 6.65. The van der Waals surface area contributed by atoms with Gasteiger partial charge in [-0.15, -0.1) is 0 Å². The van der Waals surface area contributed by atoms with Crippen LogP contribution in [0.15, 0.2) is 61.2 Å². The Morgan fingerprint density at radius 1 is 0.903 bits per heavy atom. The number of halogens is 2. The number of rotatable bonds is 5. The van der Waals surface area contributed by atoms with Crippen LogP contribution < -0.4 is 0 Å². The highest BCUT2D eigenvalue weighted by atomic mass is 19.1. The average Bonchev–Trinajstić information content (AvgIpc) is 3.22. The summed E-state index contributed by atoms with van der Waals surface area (Å²) in [5.41, 5.74) is -3.09. The van der Waals surface area contributed by atoms with Crippen LogP contribution in [0.1, 0.15) is 18.1 Å². The number of aliphatic carboxylic acids is 2. The zero-order valence-electron chi connectivity index (χ0n) is 16.2. The number of carboxylic acids is 2. The fourth-order valence-electron chi connectivity index (χ4n) is 2.81. The third-order valence-corrected chi connectivity index (χ3v) is 4.57. The highest BCUT2D eigenvalue weighted by molar-refractivity contribution is 6.27. The molecule has 1 aromatic heterocycles. The largest absolute Gasteiger partial charge is 0.473 e. The summed E-state index contributed by atoms with van der Waals surface area (Å²) in [6, 6.07) is 10.4. The number of aromatic nitrogens is 3. The molecule has 0 aliphatic rings. The second kappa shape index (κ2) is 9.41. The van der Waals surface area contributed by atoms with Crippen LogP contribution in [0.25, 0.3) is 0 Å². The van der Waals surface area contributed by atoms with Crippen molar-refractivity contribution in [1.82, 2.24) is 14.8 Å². The standard InChI is InChI=1S/C18H17F2N3O2.C2H2O4/c1-17(24,13-2-6-15(19)7-3-13)18(25,10-23-12-21-11-22-23)14-4-8-16(20)9-5-14;3-1(4)2(5)6/h2-9,11-12,24-25H,10H2,1H3;(H,3,4)(H,5,6). The molecule has 9 nitrogen and oxygen atoms in total. The molecule has 0 aliphatic heterocycles. The zero-order valence-corrected chi connectivity index (χ0v) is 16.2. The molecule has 164 valence electrons. The van der Waals surface area contributed by atoms with E-state index in [4.69, 9.17) is 19.8 Å². The van der Waals surface area contributed by atoms with Crippen molar-refractivity contribution in [2.45, 2.75) is 24.7 Å².